The molecule has 0 fully saturated rings. The van der Waals surface area contributed by atoms with Gasteiger partial charge in [0.05, 0.1) is 11.3 Å². The summed E-state index contributed by atoms with van der Waals surface area (Å²) in [4.78, 5) is 12.7. The third-order valence-corrected chi connectivity index (χ3v) is 3.09. The molecular weight excluding hydrogens is 250 g/mol. The van der Waals surface area contributed by atoms with Gasteiger partial charge < -0.3 is 5.73 Å². The van der Waals surface area contributed by atoms with Gasteiger partial charge in [-0.05, 0) is 18.2 Å². The highest BCUT2D eigenvalue weighted by atomic mass is 16.1. The second-order valence-electron chi connectivity index (χ2n) is 4.39. The molecule has 1 aromatic heterocycles. The maximum atomic E-state index is 12.7. The van der Waals surface area contributed by atoms with Gasteiger partial charge in [0.15, 0.2) is 5.78 Å². The number of nitrogen functional groups attached to an aromatic ring is 1. The van der Waals surface area contributed by atoms with E-state index < -0.39 is 0 Å². The first-order valence-corrected chi connectivity index (χ1v) is 6.25. The molecular formula is C16H13N3O. The number of aromatic nitrogens is 2. The highest BCUT2D eigenvalue weighted by Gasteiger charge is 2.17. The van der Waals surface area contributed by atoms with E-state index in [2.05, 4.69) is 5.10 Å². The van der Waals surface area contributed by atoms with Gasteiger partial charge in [-0.1, -0.05) is 36.4 Å². The van der Waals surface area contributed by atoms with Crippen molar-refractivity contribution in [3.63, 3.8) is 0 Å². The standard InChI is InChI=1S/C16H13N3O/c17-13-8-4-9-14(19-11-5-10-18-19)15(13)16(20)12-6-2-1-3-7-12/h1-11H,17H2. The maximum absolute atomic E-state index is 12.7. The Morgan fingerprint density at radius 1 is 1.00 bits per heavy atom. The molecule has 0 bridgehead atoms. The van der Waals surface area contributed by atoms with E-state index in [1.165, 1.54) is 0 Å². The molecule has 0 unspecified atom stereocenters. The maximum Gasteiger partial charge on any atom is 0.197 e. The van der Waals surface area contributed by atoms with Crippen LogP contribution in [0.1, 0.15) is 15.9 Å². The average molecular weight is 263 g/mol. The quantitative estimate of drug-likeness (QED) is 0.583. The summed E-state index contributed by atoms with van der Waals surface area (Å²) < 4.78 is 1.65. The van der Waals surface area contributed by atoms with Crippen LogP contribution in [-0.2, 0) is 0 Å². The van der Waals surface area contributed by atoms with Crippen LogP contribution >= 0.6 is 0 Å². The lowest BCUT2D eigenvalue weighted by Gasteiger charge is -2.11. The van der Waals surface area contributed by atoms with Crippen molar-refractivity contribution < 1.29 is 4.79 Å². The van der Waals surface area contributed by atoms with Gasteiger partial charge in [0.25, 0.3) is 0 Å². The van der Waals surface area contributed by atoms with Crippen molar-refractivity contribution in [3.05, 3.63) is 78.1 Å². The van der Waals surface area contributed by atoms with E-state index in [-0.39, 0.29) is 5.78 Å². The second-order valence-corrected chi connectivity index (χ2v) is 4.39. The number of rotatable bonds is 3. The molecule has 0 amide bonds. The number of hydrogen-bond acceptors (Lipinski definition) is 3. The minimum absolute atomic E-state index is 0.103. The van der Waals surface area contributed by atoms with Gasteiger partial charge in [-0.25, -0.2) is 4.68 Å². The summed E-state index contributed by atoms with van der Waals surface area (Å²) in [5.41, 5.74) is 8.22. The molecule has 0 saturated carbocycles. The Balaban J connectivity index is 2.16. The minimum Gasteiger partial charge on any atom is -0.398 e. The molecule has 0 aliphatic carbocycles. The van der Waals surface area contributed by atoms with Gasteiger partial charge in [-0.3, -0.25) is 4.79 Å². The number of carbonyl (C=O) groups excluding carboxylic acids is 1. The summed E-state index contributed by atoms with van der Waals surface area (Å²) >= 11 is 0. The van der Waals surface area contributed by atoms with Crippen molar-refractivity contribution in [3.8, 4) is 5.69 Å². The van der Waals surface area contributed by atoms with Gasteiger partial charge in [0.1, 0.15) is 0 Å². The second kappa shape index (κ2) is 5.01. The summed E-state index contributed by atoms with van der Waals surface area (Å²) in [7, 11) is 0. The predicted octanol–water partition coefficient (Wildman–Crippen LogP) is 2.69. The van der Waals surface area contributed by atoms with Crippen LogP contribution in [0, 0.1) is 0 Å². The molecule has 4 nitrogen and oxygen atoms in total. The van der Waals surface area contributed by atoms with Crippen molar-refractivity contribution in [1.29, 1.82) is 0 Å². The Kier molecular flexibility index (Phi) is 3.05. The SMILES string of the molecule is Nc1cccc(-n2cccn2)c1C(=O)c1ccccc1. The van der Waals surface area contributed by atoms with E-state index in [4.69, 9.17) is 5.73 Å². The molecule has 3 aromatic rings. The van der Waals surface area contributed by atoms with Crippen molar-refractivity contribution in [1.82, 2.24) is 9.78 Å². The van der Waals surface area contributed by atoms with Crippen LogP contribution < -0.4 is 5.73 Å². The van der Waals surface area contributed by atoms with Gasteiger partial charge in [-0.2, -0.15) is 5.10 Å². The summed E-state index contributed by atoms with van der Waals surface area (Å²) in [5, 5.41) is 4.17. The molecule has 0 spiro atoms. The zero-order valence-corrected chi connectivity index (χ0v) is 10.7. The molecule has 2 aromatic carbocycles. The van der Waals surface area contributed by atoms with Gasteiger partial charge in [-0.15, -0.1) is 0 Å². The molecule has 98 valence electrons. The molecule has 1 heterocycles. The number of hydrogen-bond donors (Lipinski definition) is 1. The predicted molar refractivity (Wildman–Crippen MR) is 77.9 cm³/mol. The molecule has 0 atom stereocenters. The van der Waals surface area contributed by atoms with E-state index in [1.54, 1.807) is 41.3 Å². The Morgan fingerprint density at radius 3 is 2.50 bits per heavy atom. The lowest BCUT2D eigenvalue weighted by molar-refractivity contribution is 0.103. The highest BCUT2D eigenvalue weighted by molar-refractivity contribution is 6.14. The van der Waals surface area contributed by atoms with Crippen molar-refractivity contribution in [2.75, 3.05) is 5.73 Å². The van der Waals surface area contributed by atoms with Crippen LogP contribution in [0.4, 0.5) is 5.69 Å². The average Bonchev–Trinajstić information content (AvgIpc) is 3.01. The fraction of sp³-hybridized carbons (Fsp3) is 0. The highest BCUT2D eigenvalue weighted by Crippen LogP contribution is 2.23. The van der Waals surface area contributed by atoms with Crippen LogP contribution in [0.15, 0.2) is 67.0 Å². The van der Waals surface area contributed by atoms with Crippen molar-refractivity contribution >= 4 is 11.5 Å². The fourth-order valence-electron chi connectivity index (χ4n) is 2.14. The molecule has 20 heavy (non-hydrogen) atoms. The Morgan fingerprint density at radius 2 is 1.80 bits per heavy atom. The Labute approximate surface area is 116 Å². The van der Waals surface area contributed by atoms with Gasteiger partial charge in [0.2, 0.25) is 0 Å². The summed E-state index contributed by atoms with van der Waals surface area (Å²) in [6.45, 7) is 0. The molecule has 4 heteroatoms. The number of nitrogens with zero attached hydrogens (tertiary/aromatic N) is 2. The van der Waals surface area contributed by atoms with Crippen molar-refractivity contribution in [2.45, 2.75) is 0 Å². The fourth-order valence-corrected chi connectivity index (χ4v) is 2.14. The molecule has 3 rings (SSSR count). The summed E-state index contributed by atoms with van der Waals surface area (Å²) in [6, 6.07) is 16.3. The van der Waals surface area contributed by atoms with Crippen LogP contribution in [0.3, 0.4) is 0 Å². The third-order valence-electron chi connectivity index (χ3n) is 3.09. The number of nitrogens with two attached hydrogens (primary N) is 1. The molecule has 0 radical (unpaired) electrons. The number of carbonyl (C=O) groups is 1. The first-order chi connectivity index (χ1) is 9.77. The molecule has 0 aliphatic rings. The lowest BCUT2D eigenvalue weighted by Crippen LogP contribution is -2.11. The normalized spacial score (nSPS) is 10.4. The zero-order valence-electron chi connectivity index (χ0n) is 10.7. The molecule has 0 saturated heterocycles. The summed E-state index contributed by atoms with van der Waals surface area (Å²) in [6.07, 6.45) is 3.45. The monoisotopic (exact) mass is 263 g/mol. The van der Waals surface area contributed by atoms with Crippen LogP contribution in [-0.4, -0.2) is 15.6 Å². The van der Waals surface area contributed by atoms with E-state index >= 15 is 0 Å². The Hall–Kier alpha value is -2.88. The van der Waals surface area contributed by atoms with Crippen LogP contribution in [0.25, 0.3) is 5.69 Å². The van der Waals surface area contributed by atoms with Crippen molar-refractivity contribution in [2.24, 2.45) is 0 Å². The van der Waals surface area contributed by atoms with Crippen LogP contribution in [0.2, 0.25) is 0 Å². The Bertz CT molecular complexity index is 734. The summed E-state index contributed by atoms with van der Waals surface area (Å²) in [5.74, 6) is -0.103. The first kappa shape index (κ1) is 12.2. The first-order valence-electron chi connectivity index (χ1n) is 6.25. The third kappa shape index (κ3) is 2.07. The van der Waals surface area contributed by atoms with E-state index in [0.717, 1.165) is 0 Å². The van der Waals surface area contributed by atoms with Crippen LogP contribution in [0.5, 0.6) is 0 Å². The molecule has 2 N–H and O–H groups in total. The number of benzene rings is 2. The minimum atomic E-state index is -0.103. The number of anilines is 1. The largest absolute Gasteiger partial charge is 0.398 e. The topological polar surface area (TPSA) is 60.9 Å². The smallest absolute Gasteiger partial charge is 0.197 e. The zero-order chi connectivity index (χ0) is 13.9. The van der Waals surface area contributed by atoms with E-state index in [0.29, 0.717) is 22.5 Å². The van der Waals surface area contributed by atoms with E-state index in [1.807, 2.05) is 30.3 Å². The van der Waals surface area contributed by atoms with E-state index in [9.17, 15) is 4.79 Å². The van der Waals surface area contributed by atoms with Gasteiger partial charge in [0, 0.05) is 23.6 Å². The molecule has 0 aliphatic heterocycles. The van der Waals surface area contributed by atoms with Gasteiger partial charge >= 0.3 is 0 Å². The lowest BCUT2D eigenvalue weighted by atomic mass is 10.00. The number of ketones is 1.